The van der Waals surface area contributed by atoms with Crippen molar-refractivity contribution >= 4 is 21.8 Å². The van der Waals surface area contributed by atoms with Gasteiger partial charge in [-0.1, -0.05) is 6.92 Å². The van der Waals surface area contributed by atoms with Crippen molar-refractivity contribution in [3.63, 3.8) is 0 Å². The van der Waals surface area contributed by atoms with E-state index in [2.05, 4.69) is 17.1 Å². The zero-order valence-electron chi connectivity index (χ0n) is 10.2. The van der Waals surface area contributed by atoms with E-state index in [1.165, 1.54) is 6.20 Å². The normalized spacial score (nSPS) is 27.2. The van der Waals surface area contributed by atoms with E-state index in [-0.39, 0.29) is 6.04 Å². The Labute approximate surface area is 106 Å². The summed E-state index contributed by atoms with van der Waals surface area (Å²) in [7, 11) is -3.41. The SMILES string of the molecule is Cc1[nH]ncc1S(=O)(=O)N1CCSC(C)C1C. The number of nitrogens with one attached hydrogen (secondary N) is 1. The number of aromatic nitrogens is 2. The molecule has 7 heteroatoms. The second-order valence-electron chi connectivity index (χ2n) is 4.29. The van der Waals surface area contributed by atoms with E-state index in [1.807, 2.05) is 18.7 Å². The molecule has 0 aliphatic carbocycles. The third kappa shape index (κ3) is 2.23. The highest BCUT2D eigenvalue weighted by molar-refractivity contribution is 8.00. The average molecular weight is 275 g/mol. The molecule has 2 atom stereocenters. The van der Waals surface area contributed by atoms with Crippen LogP contribution in [0.25, 0.3) is 0 Å². The zero-order chi connectivity index (χ0) is 12.6. The Morgan fingerprint density at radius 3 is 2.82 bits per heavy atom. The predicted molar refractivity (Wildman–Crippen MR) is 68.6 cm³/mol. The standard InChI is InChI=1S/C10H17N3O2S2/c1-7-10(6-11-12-7)17(14,15)13-4-5-16-9(3)8(13)2/h6,8-9H,4-5H2,1-3H3,(H,11,12). The van der Waals surface area contributed by atoms with Crippen molar-refractivity contribution in [1.29, 1.82) is 0 Å². The number of hydrogen-bond acceptors (Lipinski definition) is 4. The summed E-state index contributed by atoms with van der Waals surface area (Å²) in [5.41, 5.74) is 0.600. The number of hydrogen-bond donors (Lipinski definition) is 1. The molecule has 96 valence electrons. The van der Waals surface area contributed by atoms with Gasteiger partial charge < -0.3 is 0 Å². The van der Waals surface area contributed by atoms with Gasteiger partial charge >= 0.3 is 0 Å². The molecule has 1 aromatic rings. The molecular formula is C10H17N3O2S2. The Morgan fingerprint density at radius 1 is 1.53 bits per heavy atom. The molecule has 0 saturated carbocycles. The van der Waals surface area contributed by atoms with Gasteiger partial charge in [-0.15, -0.1) is 0 Å². The van der Waals surface area contributed by atoms with E-state index in [0.29, 0.717) is 22.4 Å². The molecule has 1 fully saturated rings. The first-order valence-electron chi connectivity index (χ1n) is 5.58. The van der Waals surface area contributed by atoms with Gasteiger partial charge in [-0.2, -0.15) is 21.2 Å². The largest absolute Gasteiger partial charge is 0.281 e. The number of aromatic amines is 1. The topological polar surface area (TPSA) is 66.1 Å². The first-order valence-corrected chi connectivity index (χ1v) is 8.07. The van der Waals surface area contributed by atoms with Crippen molar-refractivity contribution < 1.29 is 8.42 Å². The van der Waals surface area contributed by atoms with Gasteiger partial charge in [0.25, 0.3) is 0 Å². The van der Waals surface area contributed by atoms with Gasteiger partial charge in [-0.05, 0) is 13.8 Å². The van der Waals surface area contributed by atoms with Crippen LogP contribution in [-0.4, -0.2) is 46.5 Å². The molecule has 1 saturated heterocycles. The molecule has 1 N–H and O–H groups in total. The van der Waals surface area contributed by atoms with Crippen LogP contribution in [0, 0.1) is 6.92 Å². The van der Waals surface area contributed by atoms with Gasteiger partial charge in [0.2, 0.25) is 10.0 Å². The molecule has 1 aromatic heterocycles. The van der Waals surface area contributed by atoms with Crippen LogP contribution in [0.2, 0.25) is 0 Å². The molecule has 1 aliphatic heterocycles. The molecule has 0 aromatic carbocycles. The van der Waals surface area contributed by atoms with Gasteiger partial charge in [0.05, 0.1) is 11.9 Å². The lowest BCUT2D eigenvalue weighted by molar-refractivity contribution is 0.340. The molecule has 2 rings (SSSR count). The first-order chi connectivity index (χ1) is 7.94. The Balaban J connectivity index is 2.36. The molecule has 2 heterocycles. The van der Waals surface area contributed by atoms with E-state index < -0.39 is 10.0 Å². The van der Waals surface area contributed by atoms with E-state index in [0.717, 1.165) is 5.75 Å². The maximum atomic E-state index is 12.5. The highest BCUT2D eigenvalue weighted by atomic mass is 32.2. The van der Waals surface area contributed by atoms with Crippen molar-refractivity contribution in [1.82, 2.24) is 14.5 Å². The van der Waals surface area contributed by atoms with E-state index in [1.54, 1.807) is 11.2 Å². The summed E-state index contributed by atoms with van der Waals surface area (Å²) in [5, 5.41) is 6.79. The predicted octanol–water partition coefficient (Wildman–Crippen LogP) is 1.23. The fraction of sp³-hybridized carbons (Fsp3) is 0.700. The quantitative estimate of drug-likeness (QED) is 0.881. The van der Waals surface area contributed by atoms with Crippen LogP contribution in [0.3, 0.4) is 0 Å². The summed E-state index contributed by atoms with van der Waals surface area (Å²) in [5.74, 6) is 0.849. The summed E-state index contributed by atoms with van der Waals surface area (Å²) in [6.07, 6.45) is 1.39. The molecular weight excluding hydrogens is 258 g/mol. The summed E-state index contributed by atoms with van der Waals surface area (Å²) in [4.78, 5) is 0.295. The highest BCUT2D eigenvalue weighted by Crippen LogP contribution is 2.29. The lowest BCUT2D eigenvalue weighted by Gasteiger charge is -2.36. The molecule has 0 spiro atoms. The second kappa shape index (κ2) is 4.62. The van der Waals surface area contributed by atoms with Gasteiger partial charge in [-0.3, -0.25) is 5.10 Å². The lowest BCUT2D eigenvalue weighted by atomic mass is 10.2. The van der Waals surface area contributed by atoms with Gasteiger partial charge in [0, 0.05) is 23.6 Å². The molecule has 0 bridgehead atoms. The van der Waals surface area contributed by atoms with Crippen LogP contribution >= 0.6 is 11.8 Å². The van der Waals surface area contributed by atoms with Crippen molar-refractivity contribution in [3.05, 3.63) is 11.9 Å². The Hall–Kier alpha value is -0.530. The van der Waals surface area contributed by atoms with E-state index >= 15 is 0 Å². The fourth-order valence-electron chi connectivity index (χ4n) is 1.97. The summed E-state index contributed by atoms with van der Waals surface area (Å²) >= 11 is 1.82. The highest BCUT2D eigenvalue weighted by Gasteiger charge is 2.36. The second-order valence-corrected chi connectivity index (χ2v) is 7.64. The lowest BCUT2D eigenvalue weighted by Crippen LogP contribution is -2.47. The van der Waals surface area contributed by atoms with Crippen LogP contribution < -0.4 is 0 Å². The fourth-order valence-corrected chi connectivity index (χ4v) is 5.09. The summed E-state index contributed by atoms with van der Waals surface area (Å²) < 4.78 is 26.6. The minimum atomic E-state index is -3.41. The molecule has 1 aliphatic rings. The Bertz CT molecular complexity index is 497. The van der Waals surface area contributed by atoms with Crippen LogP contribution in [0.5, 0.6) is 0 Å². The van der Waals surface area contributed by atoms with Crippen molar-refractivity contribution in [2.24, 2.45) is 0 Å². The molecule has 2 unspecified atom stereocenters. The number of sulfonamides is 1. The van der Waals surface area contributed by atoms with Gasteiger partial charge in [0.15, 0.2) is 0 Å². The summed E-state index contributed by atoms with van der Waals surface area (Å²) in [6, 6.07) is 0.0213. The maximum Gasteiger partial charge on any atom is 0.246 e. The number of nitrogens with zero attached hydrogens (tertiary/aromatic N) is 2. The van der Waals surface area contributed by atoms with Crippen LogP contribution in [0.4, 0.5) is 0 Å². The van der Waals surface area contributed by atoms with Crippen molar-refractivity contribution in [2.45, 2.75) is 37.0 Å². The van der Waals surface area contributed by atoms with E-state index in [9.17, 15) is 8.42 Å². The number of H-pyrrole nitrogens is 1. The van der Waals surface area contributed by atoms with Crippen LogP contribution in [-0.2, 0) is 10.0 Å². The summed E-state index contributed by atoms with van der Waals surface area (Å²) in [6.45, 7) is 6.33. The van der Waals surface area contributed by atoms with Crippen LogP contribution in [0.15, 0.2) is 11.1 Å². The third-order valence-electron chi connectivity index (χ3n) is 3.20. The zero-order valence-corrected chi connectivity index (χ0v) is 11.8. The Morgan fingerprint density at radius 2 is 2.24 bits per heavy atom. The van der Waals surface area contributed by atoms with E-state index in [4.69, 9.17) is 0 Å². The monoisotopic (exact) mass is 275 g/mol. The molecule has 0 radical (unpaired) electrons. The molecule has 17 heavy (non-hydrogen) atoms. The average Bonchev–Trinajstić information content (AvgIpc) is 2.69. The first kappa shape index (κ1) is 12.9. The van der Waals surface area contributed by atoms with Crippen molar-refractivity contribution in [3.8, 4) is 0 Å². The third-order valence-corrected chi connectivity index (χ3v) is 6.63. The van der Waals surface area contributed by atoms with Gasteiger partial charge in [-0.25, -0.2) is 8.42 Å². The number of thioether (sulfide) groups is 1. The molecule has 5 nitrogen and oxygen atoms in total. The maximum absolute atomic E-state index is 12.5. The van der Waals surface area contributed by atoms with Crippen molar-refractivity contribution in [2.75, 3.05) is 12.3 Å². The molecule has 0 amide bonds. The number of aryl methyl sites for hydroxylation is 1. The van der Waals surface area contributed by atoms with Crippen LogP contribution in [0.1, 0.15) is 19.5 Å². The number of rotatable bonds is 2. The Kier molecular flexibility index (Phi) is 3.51. The van der Waals surface area contributed by atoms with Gasteiger partial charge in [0.1, 0.15) is 4.90 Å². The minimum Gasteiger partial charge on any atom is -0.281 e. The minimum absolute atomic E-state index is 0.0213. The smallest absolute Gasteiger partial charge is 0.246 e.